The number of anilines is 1. The minimum Gasteiger partial charge on any atom is -0.364 e. The molecular formula is C12H17N3O2S. The number of nitrogens with zero attached hydrogens (tertiary/aromatic N) is 2. The highest BCUT2D eigenvalue weighted by molar-refractivity contribution is 7.99. The molecular weight excluding hydrogens is 250 g/mol. The van der Waals surface area contributed by atoms with E-state index in [1.54, 1.807) is 12.3 Å². The van der Waals surface area contributed by atoms with Crippen molar-refractivity contribution in [2.24, 2.45) is 5.92 Å². The third kappa shape index (κ3) is 3.35. The second kappa shape index (κ2) is 6.04. The van der Waals surface area contributed by atoms with E-state index >= 15 is 0 Å². The van der Waals surface area contributed by atoms with Gasteiger partial charge in [0.15, 0.2) is 0 Å². The van der Waals surface area contributed by atoms with Crippen molar-refractivity contribution in [3.63, 3.8) is 0 Å². The van der Waals surface area contributed by atoms with Gasteiger partial charge >= 0.3 is 5.69 Å². The summed E-state index contributed by atoms with van der Waals surface area (Å²) in [5, 5.41) is 14.1. The van der Waals surface area contributed by atoms with Gasteiger partial charge in [0.25, 0.3) is 0 Å². The molecule has 0 unspecified atom stereocenters. The van der Waals surface area contributed by atoms with Crippen LogP contribution in [0.15, 0.2) is 12.3 Å². The van der Waals surface area contributed by atoms with Crippen molar-refractivity contribution >= 4 is 23.3 Å². The van der Waals surface area contributed by atoms with Crippen LogP contribution in [0.5, 0.6) is 0 Å². The van der Waals surface area contributed by atoms with Gasteiger partial charge in [-0.2, -0.15) is 11.8 Å². The summed E-state index contributed by atoms with van der Waals surface area (Å²) < 4.78 is 0. The van der Waals surface area contributed by atoms with E-state index in [2.05, 4.69) is 10.3 Å². The van der Waals surface area contributed by atoms with Gasteiger partial charge in [-0.25, -0.2) is 4.98 Å². The zero-order valence-electron chi connectivity index (χ0n) is 10.4. The molecule has 18 heavy (non-hydrogen) atoms. The fourth-order valence-electron chi connectivity index (χ4n) is 2.02. The molecule has 6 heteroatoms. The van der Waals surface area contributed by atoms with E-state index in [0.29, 0.717) is 11.7 Å². The lowest BCUT2D eigenvalue weighted by Crippen LogP contribution is -2.20. The molecule has 2 rings (SSSR count). The maximum Gasteiger partial charge on any atom is 0.311 e. The minimum absolute atomic E-state index is 0.0696. The topological polar surface area (TPSA) is 68.1 Å². The van der Waals surface area contributed by atoms with Crippen molar-refractivity contribution in [1.29, 1.82) is 0 Å². The van der Waals surface area contributed by atoms with E-state index in [1.807, 2.05) is 18.7 Å². The number of nitrogens with one attached hydrogen (secondary N) is 1. The average Bonchev–Trinajstić information content (AvgIpc) is 2.38. The lowest BCUT2D eigenvalue weighted by molar-refractivity contribution is -0.384. The molecule has 1 saturated heterocycles. The van der Waals surface area contributed by atoms with E-state index < -0.39 is 0 Å². The third-order valence-corrected chi connectivity index (χ3v) is 4.15. The van der Waals surface area contributed by atoms with Crippen molar-refractivity contribution in [2.75, 3.05) is 23.4 Å². The molecule has 0 atom stereocenters. The molecule has 0 amide bonds. The molecule has 0 aliphatic carbocycles. The molecule has 1 aromatic heterocycles. The molecule has 0 saturated carbocycles. The van der Waals surface area contributed by atoms with E-state index in [1.165, 1.54) is 24.3 Å². The molecule has 0 spiro atoms. The Bertz CT molecular complexity index is 433. The van der Waals surface area contributed by atoms with E-state index in [4.69, 9.17) is 0 Å². The molecule has 2 heterocycles. The Morgan fingerprint density at radius 3 is 2.94 bits per heavy atom. The maximum absolute atomic E-state index is 10.9. The number of pyridine rings is 1. The van der Waals surface area contributed by atoms with Gasteiger partial charge in [0.1, 0.15) is 0 Å². The molecule has 1 fully saturated rings. The van der Waals surface area contributed by atoms with E-state index in [0.717, 1.165) is 12.1 Å². The van der Waals surface area contributed by atoms with Gasteiger partial charge in [0.05, 0.1) is 4.92 Å². The summed E-state index contributed by atoms with van der Waals surface area (Å²) >= 11 is 1.98. The Kier molecular flexibility index (Phi) is 4.41. The fourth-order valence-corrected chi connectivity index (χ4v) is 3.22. The van der Waals surface area contributed by atoms with Crippen molar-refractivity contribution in [1.82, 2.24) is 4.98 Å². The maximum atomic E-state index is 10.9. The summed E-state index contributed by atoms with van der Waals surface area (Å²) in [6.07, 6.45) is 4.01. The summed E-state index contributed by atoms with van der Waals surface area (Å²) in [6.45, 7) is 2.58. The monoisotopic (exact) mass is 267 g/mol. The summed E-state index contributed by atoms with van der Waals surface area (Å²) in [4.78, 5) is 14.7. The Morgan fingerprint density at radius 1 is 1.56 bits per heavy atom. The number of rotatable bonds is 4. The van der Waals surface area contributed by atoms with Crippen LogP contribution in [0.4, 0.5) is 11.5 Å². The molecule has 0 bridgehead atoms. The molecule has 1 aromatic rings. The van der Waals surface area contributed by atoms with Crippen LogP contribution in [0.25, 0.3) is 0 Å². The van der Waals surface area contributed by atoms with Crippen LogP contribution in [-0.4, -0.2) is 28.0 Å². The predicted octanol–water partition coefficient (Wildman–Crippen LogP) is 2.85. The molecule has 1 N–H and O–H groups in total. The van der Waals surface area contributed by atoms with Gasteiger partial charge in [0, 0.05) is 18.8 Å². The fraction of sp³-hybridized carbons (Fsp3) is 0.583. The molecule has 98 valence electrons. The van der Waals surface area contributed by atoms with Gasteiger partial charge < -0.3 is 5.32 Å². The van der Waals surface area contributed by atoms with Gasteiger partial charge in [-0.3, -0.25) is 10.1 Å². The first kappa shape index (κ1) is 13.1. The first-order valence-corrected chi connectivity index (χ1v) is 7.25. The van der Waals surface area contributed by atoms with Gasteiger partial charge in [0.2, 0.25) is 5.82 Å². The quantitative estimate of drug-likeness (QED) is 0.671. The largest absolute Gasteiger partial charge is 0.364 e. The zero-order chi connectivity index (χ0) is 13.0. The second-order valence-electron chi connectivity index (χ2n) is 4.57. The van der Waals surface area contributed by atoms with E-state index in [9.17, 15) is 10.1 Å². The average molecular weight is 267 g/mol. The Labute approximate surface area is 111 Å². The lowest BCUT2D eigenvalue weighted by Gasteiger charge is -2.21. The summed E-state index contributed by atoms with van der Waals surface area (Å²) in [7, 11) is 0. The van der Waals surface area contributed by atoms with Crippen molar-refractivity contribution < 1.29 is 4.92 Å². The minimum atomic E-state index is -0.376. The number of hydrogen-bond donors (Lipinski definition) is 1. The van der Waals surface area contributed by atoms with Crippen molar-refractivity contribution in [3.05, 3.63) is 27.9 Å². The van der Waals surface area contributed by atoms with Crippen molar-refractivity contribution in [2.45, 2.75) is 19.8 Å². The number of aromatic nitrogens is 1. The highest BCUT2D eigenvalue weighted by Gasteiger charge is 2.18. The molecule has 5 nitrogen and oxygen atoms in total. The highest BCUT2D eigenvalue weighted by atomic mass is 32.2. The van der Waals surface area contributed by atoms with Crippen LogP contribution in [-0.2, 0) is 0 Å². The second-order valence-corrected chi connectivity index (χ2v) is 5.80. The first-order valence-electron chi connectivity index (χ1n) is 6.09. The molecule has 0 radical (unpaired) electrons. The molecule has 1 aliphatic heterocycles. The van der Waals surface area contributed by atoms with Crippen LogP contribution in [0.2, 0.25) is 0 Å². The summed E-state index contributed by atoms with van der Waals surface area (Å²) in [5.41, 5.74) is 0.876. The van der Waals surface area contributed by atoms with Crippen LogP contribution >= 0.6 is 11.8 Å². The number of nitro groups is 1. The van der Waals surface area contributed by atoms with Gasteiger partial charge in [-0.1, -0.05) is 0 Å². The number of hydrogen-bond acceptors (Lipinski definition) is 5. The van der Waals surface area contributed by atoms with Crippen LogP contribution in [0.3, 0.4) is 0 Å². The Hall–Kier alpha value is -1.30. The SMILES string of the molecule is Cc1cnc(NCC2CCSCC2)c([N+](=O)[O-])c1. The van der Waals surface area contributed by atoms with Crippen LogP contribution in [0, 0.1) is 23.0 Å². The lowest BCUT2D eigenvalue weighted by atomic mass is 10.0. The standard InChI is InChI=1S/C12H17N3O2S/c1-9-6-11(15(16)17)12(13-7-9)14-8-10-2-4-18-5-3-10/h6-7,10H,2-5,8H2,1H3,(H,13,14). The summed E-state index contributed by atoms with van der Waals surface area (Å²) in [5.74, 6) is 3.38. The van der Waals surface area contributed by atoms with Crippen LogP contribution in [0.1, 0.15) is 18.4 Å². The van der Waals surface area contributed by atoms with Gasteiger partial charge in [-0.15, -0.1) is 0 Å². The van der Waals surface area contributed by atoms with Crippen molar-refractivity contribution in [3.8, 4) is 0 Å². The molecule has 0 aromatic carbocycles. The summed E-state index contributed by atoms with van der Waals surface area (Å²) in [6, 6.07) is 1.56. The highest BCUT2D eigenvalue weighted by Crippen LogP contribution is 2.26. The van der Waals surface area contributed by atoms with E-state index in [-0.39, 0.29) is 10.6 Å². The predicted molar refractivity (Wildman–Crippen MR) is 74.2 cm³/mol. The smallest absolute Gasteiger partial charge is 0.311 e. The molecule has 1 aliphatic rings. The first-order chi connectivity index (χ1) is 8.66. The Morgan fingerprint density at radius 2 is 2.28 bits per heavy atom. The number of thioether (sulfide) groups is 1. The van der Waals surface area contributed by atoms with Crippen LogP contribution < -0.4 is 5.32 Å². The normalized spacial score (nSPS) is 16.5. The number of aryl methyl sites for hydroxylation is 1. The van der Waals surface area contributed by atoms with Gasteiger partial charge in [-0.05, 0) is 42.8 Å². The Balaban J connectivity index is 2.01. The zero-order valence-corrected chi connectivity index (χ0v) is 11.2. The third-order valence-electron chi connectivity index (χ3n) is 3.10.